The molecule has 1 amide bonds. The van der Waals surface area contributed by atoms with Crippen LogP contribution < -0.4 is 10.2 Å². The zero-order chi connectivity index (χ0) is 24.3. The van der Waals surface area contributed by atoms with Gasteiger partial charge in [0.15, 0.2) is 5.66 Å². The average molecular weight is 461 g/mol. The number of carbonyl (C=O) groups excluding carboxylic acids is 2. The molecule has 0 radical (unpaired) electrons. The van der Waals surface area contributed by atoms with E-state index in [0.717, 1.165) is 5.56 Å². The number of aliphatic hydroxyl groups is 1. The number of nitrogens with one attached hydrogen (secondary N) is 1. The number of anilines is 1. The van der Waals surface area contributed by atoms with Crippen LogP contribution in [0.4, 0.5) is 5.69 Å². The molecule has 1 aliphatic rings. The first-order valence-electron chi connectivity index (χ1n) is 11.4. The molecular formula is C30H24N2O3. The monoisotopic (exact) mass is 460 g/mol. The summed E-state index contributed by atoms with van der Waals surface area (Å²) in [6.07, 6.45) is 0. The number of ketones is 1. The predicted octanol–water partition coefficient (Wildman–Crippen LogP) is 5.21. The van der Waals surface area contributed by atoms with E-state index in [9.17, 15) is 14.7 Å². The Hall–Kier alpha value is -4.48. The highest BCUT2D eigenvalue weighted by Gasteiger charge is 2.58. The van der Waals surface area contributed by atoms with Crippen molar-refractivity contribution in [3.8, 4) is 0 Å². The molecule has 4 aromatic carbocycles. The number of amides is 1. The van der Waals surface area contributed by atoms with Crippen molar-refractivity contribution in [1.29, 1.82) is 0 Å². The third-order valence-corrected chi connectivity index (χ3v) is 6.20. The van der Waals surface area contributed by atoms with Crippen LogP contribution in [-0.4, -0.2) is 16.8 Å². The fourth-order valence-electron chi connectivity index (χ4n) is 4.59. The summed E-state index contributed by atoms with van der Waals surface area (Å²) in [5.41, 5.74) is 1.20. The van der Waals surface area contributed by atoms with Crippen LogP contribution in [0.5, 0.6) is 0 Å². The number of para-hydroxylation sites is 1. The van der Waals surface area contributed by atoms with E-state index in [-0.39, 0.29) is 11.3 Å². The molecule has 1 atom stereocenters. The topological polar surface area (TPSA) is 69.6 Å². The van der Waals surface area contributed by atoms with Gasteiger partial charge in [-0.1, -0.05) is 109 Å². The Bertz CT molecular complexity index is 1370. The Morgan fingerprint density at radius 1 is 0.714 bits per heavy atom. The van der Waals surface area contributed by atoms with Gasteiger partial charge in [-0.25, -0.2) is 0 Å². The lowest BCUT2D eigenvalue weighted by Crippen LogP contribution is -2.55. The van der Waals surface area contributed by atoms with Gasteiger partial charge in [-0.15, -0.1) is 0 Å². The summed E-state index contributed by atoms with van der Waals surface area (Å²) in [5.74, 6) is -1.69. The minimum absolute atomic E-state index is 0.000292. The van der Waals surface area contributed by atoms with Crippen molar-refractivity contribution < 1.29 is 14.7 Å². The maximum atomic E-state index is 13.7. The third-order valence-electron chi connectivity index (χ3n) is 6.20. The van der Waals surface area contributed by atoms with E-state index in [0.29, 0.717) is 23.4 Å². The molecule has 5 rings (SSSR count). The van der Waals surface area contributed by atoms with Crippen LogP contribution in [0, 0.1) is 0 Å². The van der Waals surface area contributed by atoms with Crippen LogP contribution in [0.15, 0.2) is 127 Å². The van der Waals surface area contributed by atoms with Gasteiger partial charge < -0.3 is 5.11 Å². The molecule has 5 nitrogen and oxygen atoms in total. The number of carbonyl (C=O) groups is 2. The number of hydrogen-bond donors (Lipinski definition) is 2. The van der Waals surface area contributed by atoms with Crippen LogP contribution in [0.1, 0.15) is 16.7 Å². The van der Waals surface area contributed by atoms with Crippen molar-refractivity contribution in [3.63, 3.8) is 0 Å². The molecule has 0 spiro atoms. The molecule has 5 heteroatoms. The molecule has 1 fully saturated rings. The van der Waals surface area contributed by atoms with Gasteiger partial charge in [0.2, 0.25) is 0 Å². The minimum Gasteiger partial charge on any atom is -0.507 e. The Labute approximate surface area is 204 Å². The molecular weight excluding hydrogens is 436 g/mol. The smallest absolute Gasteiger partial charge is 0.301 e. The Balaban J connectivity index is 1.81. The van der Waals surface area contributed by atoms with Crippen LogP contribution in [0.2, 0.25) is 0 Å². The molecule has 1 saturated heterocycles. The van der Waals surface area contributed by atoms with E-state index in [1.54, 1.807) is 36.4 Å². The molecule has 0 aliphatic carbocycles. The quantitative estimate of drug-likeness (QED) is 0.235. The summed E-state index contributed by atoms with van der Waals surface area (Å²) in [7, 11) is 0. The lowest BCUT2D eigenvalue weighted by Gasteiger charge is -2.40. The molecule has 1 heterocycles. The van der Waals surface area contributed by atoms with Gasteiger partial charge in [0, 0.05) is 17.8 Å². The van der Waals surface area contributed by atoms with Crippen LogP contribution in [0.25, 0.3) is 5.76 Å². The lowest BCUT2D eigenvalue weighted by atomic mass is 9.87. The number of nitrogens with zero attached hydrogens (tertiary/aromatic N) is 1. The fraction of sp³-hybridized carbons (Fsp3) is 0.0667. The largest absolute Gasteiger partial charge is 0.507 e. The first-order valence-corrected chi connectivity index (χ1v) is 11.4. The first kappa shape index (κ1) is 22.3. The van der Waals surface area contributed by atoms with Gasteiger partial charge in [0.1, 0.15) is 5.76 Å². The molecule has 0 aromatic heterocycles. The number of benzene rings is 4. The van der Waals surface area contributed by atoms with E-state index in [4.69, 9.17) is 0 Å². The molecule has 35 heavy (non-hydrogen) atoms. The number of rotatable bonds is 6. The van der Waals surface area contributed by atoms with Crippen molar-refractivity contribution in [2.45, 2.75) is 12.2 Å². The summed E-state index contributed by atoms with van der Waals surface area (Å²) in [6, 6.07) is 36.9. The summed E-state index contributed by atoms with van der Waals surface area (Å²) in [6.45, 7) is 0.352. The fourth-order valence-corrected chi connectivity index (χ4v) is 4.59. The van der Waals surface area contributed by atoms with Crippen LogP contribution in [-0.2, 0) is 21.8 Å². The molecule has 1 unspecified atom stereocenters. The van der Waals surface area contributed by atoms with E-state index < -0.39 is 17.4 Å². The third kappa shape index (κ3) is 3.92. The van der Waals surface area contributed by atoms with Gasteiger partial charge in [0.25, 0.3) is 5.78 Å². The van der Waals surface area contributed by atoms with Crippen molar-refractivity contribution >= 4 is 23.1 Å². The number of aliphatic hydroxyl groups excluding tert-OH is 1. The van der Waals surface area contributed by atoms with E-state index in [1.165, 1.54) is 4.90 Å². The van der Waals surface area contributed by atoms with Crippen molar-refractivity contribution in [3.05, 3.63) is 144 Å². The highest BCUT2D eigenvalue weighted by atomic mass is 16.3. The minimum atomic E-state index is -1.44. The van der Waals surface area contributed by atoms with Gasteiger partial charge in [-0.2, -0.15) is 0 Å². The molecule has 0 bridgehead atoms. The maximum Gasteiger partial charge on any atom is 0.301 e. The van der Waals surface area contributed by atoms with Crippen molar-refractivity contribution in [2.24, 2.45) is 0 Å². The normalized spacial score (nSPS) is 19.1. The second-order valence-electron chi connectivity index (χ2n) is 8.31. The van der Waals surface area contributed by atoms with Crippen molar-refractivity contribution in [1.82, 2.24) is 5.32 Å². The lowest BCUT2D eigenvalue weighted by molar-refractivity contribution is -0.132. The van der Waals surface area contributed by atoms with E-state index in [1.807, 2.05) is 84.9 Å². The standard InChI is InChI=1S/C30H24N2O3/c33-27(23-15-7-2-8-16-23)26-28(34)29(35)32(25-19-11-4-12-20-25)30(26,24-17-9-3-10-18-24)31-21-22-13-5-1-6-14-22/h1-20,31,33H,21H2/b27-26-. The van der Waals surface area contributed by atoms with Gasteiger partial charge in [-0.3, -0.25) is 19.8 Å². The van der Waals surface area contributed by atoms with Crippen LogP contribution >= 0.6 is 0 Å². The summed E-state index contributed by atoms with van der Waals surface area (Å²) in [5, 5.41) is 15.0. The second kappa shape index (κ2) is 9.41. The summed E-state index contributed by atoms with van der Waals surface area (Å²) in [4.78, 5) is 28.8. The molecule has 0 saturated carbocycles. The number of hydrogen-bond acceptors (Lipinski definition) is 4. The maximum absolute atomic E-state index is 13.7. The second-order valence-corrected chi connectivity index (χ2v) is 8.31. The zero-order valence-electron chi connectivity index (χ0n) is 19.0. The van der Waals surface area contributed by atoms with Gasteiger partial charge >= 0.3 is 5.91 Å². The molecule has 1 aliphatic heterocycles. The first-order chi connectivity index (χ1) is 17.1. The highest BCUT2D eigenvalue weighted by molar-refractivity contribution is 6.52. The predicted molar refractivity (Wildman–Crippen MR) is 136 cm³/mol. The summed E-state index contributed by atoms with van der Waals surface area (Å²) < 4.78 is 0. The summed E-state index contributed by atoms with van der Waals surface area (Å²) >= 11 is 0. The number of Topliss-reactive ketones (excluding diaryl/α,β-unsaturated/α-hetero) is 1. The molecule has 4 aromatic rings. The highest BCUT2D eigenvalue weighted by Crippen LogP contribution is 2.45. The molecule has 172 valence electrons. The Kier molecular flexibility index (Phi) is 6.00. The van der Waals surface area contributed by atoms with Gasteiger partial charge in [0.05, 0.1) is 5.57 Å². The average Bonchev–Trinajstić information content (AvgIpc) is 3.16. The zero-order valence-corrected chi connectivity index (χ0v) is 19.0. The Morgan fingerprint density at radius 3 is 1.83 bits per heavy atom. The van der Waals surface area contributed by atoms with Crippen molar-refractivity contribution in [2.75, 3.05) is 4.90 Å². The van der Waals surface area contributed by atoms with E-state index in [2.05, 4.69) is 5.32 Å². The Morgan fingerprint density at radius 2 is 1.23 bits per heavy atom. The SMILES string of the molecule is O=C1C(=O)N(c2ccccc2)C(NCc2ccccc2)(c2ccccc2)/C1=C(\O)c1ccccc1. The van der Waals surface area contributed by atoms with E-state index >= 15 is 0 Å². The van der Waals surface area contributed by atoms with Crippen LogP contribution in [0.3, 0.4) is 0 Å². The molecule has 2 N–H and O–H groups in total. The van der Waals surface area contributed by atoms with Gasteiger partial charge in [-0.05, 0) is 23.3 Å².